The molecule has 9 nitrogen and oxygen atoms in total. The van der Waals surface area contributed by atoms with Gasteiger partial charge >= 0.3 is 7.60 Å². The lowest BCUT2D eigenvalue weighted by Gasteiger charge is -2.42. The van der Waals surface area contributed by atoms with Gasteiger partial charge in [-0.05, 0) is 33.8 Å². The van der Waals surface area contributed by atoms with Gasteiger partial charge in [0.05, 0.1) is 31.7 Å². The van der Waals surface area contributed by atoms with Gasteiger partial charge in [0.2, 0.25) is 0 Å². The van der Waals surface area contributed by atoms with E-state index >= 15 is 0 Å². The van der Waals surface area contributed by atoms with E-state index in [0.717, 1.165) is 0 Å². The summed E-state index contributed by atoms with van der Waals surface area (Å²) in [6, 6.07) is 2.23. The fourth-order valence-electron chi connectivity index (χ4n) is 3.95. The third-order valence-corrected chi connectivity index (χ3v) is 9.01. The first-order valence-corrected chi connectivity index (χ1v) is 13.3. The summed E-state index contributed by atoms with van der Waals surface area (Å²) in [7, 11) is -0.230. The van der Waals surface area contributed by atoms with Gasteiger partial charge in [0, 0.05) is 38.5 Å². The van der Waals surface area contributed by atoms with E-state index in [4.69, 9.17) is 32.8 Å². The van der Waals surface area contributed by atoms with Crippen LogP contribution in [0, 0.1) is 11.3 Å². The molecule has 1 unspecified atom stereocenters. The van der Waals surface area contributed by atoms with E-state index in [1.54, 1.807) is 6.08 Å². The number of nitriles is 1. The molecule has 0 saturated carbocycles. The maximum absolute atomic E-state index is 12.6. The summed E-state index contributed by atoms with van der Waals surface area (Å²) in [5.74, 6) is 1.44. The van der Waals surface area contributed by atoms with Crippen LogP contribution in [-0.2, 0) is 32.1 Å². The number of rotatable bonds is 12. The predicted octanol–water partition coefficient (Wildman–Crippen LogP) is 3.16. The number of hydrogen-bond donors (Lipinski definition) is 0. The molecule has 0 aromatic carbocycles. The predicted molar refractivity (Wildman–Crippen MR) is 121 cm³/mol. The Balaban J connectivity index is 2.36. The molecular formula is C19H35BN2O7P2. The molecule has 2 aliphatic rings. The van der Waals surface area contributed by atoms with Crippen molar-refractivity contribution in [2.75, 3.05) is 27.4 Å². The van der Waals surface area contributed by atoms with Crippen LogP contribution in [0.15, 0.2) is 11.9 Å². The molecule has 0 aromatic rings. The molecule has 0 aromatic heterocycles. The topological polar surface area (TPSA) is 99.5 Å². The first kappa shape index (κ1) is 26.9. The van der Waals surface area contributed by atoms with Gasteiger partial charge in [-0.3, -0.25) is 4.57 Å². The number of ether oxygens (including phenoxy) is 2. The largest absolute Gasteiger partial charge is 0.373 e. The second-order valence-electron chi connectivity index (χ2n) is 8.16. The third-order valence-electron chi connectivity index (χ3n) is 5.37. The first-order chi connectivity index (χ1) is 14.6. The lowest BCUT2D eigenvalue weighted by Crippen LogP contribution is -2.50. The summed E-state index contributed by atoms with van der Waals surface area (Å²) in [4.78, 5) is 0. The molecule has 31 heavy (non-hydrogen) atoms. The molecule has 0 spiro atoms. The minimum absolute atomic E-state index is 0.169. The van der Waals surface area contributed by atoms with E-state index in [1.165, 1.54) is 20.0 Å². The van der Waals surface area contributed by atoms with Crippen LogP contribution >= 0.6 is 16.1 Å². The van der Waals surface area contributed by atoms with E-state index in [-0.39, 0.29) is 37.2 Å². The van der Waals surface area contributed by atoms with Gasteiger partial charge in [0.25, 0.3) is 8.53 Å². The summed E-state index contributed by atoms with van der Waals surface area (Å²) in [6.45, 7) is 9.11. The second kappa shape index (κ2) is 11.7. The molecule has 5 atom stereocenters. The van der Waals surface area contributed by atoms with Crippen LogP contribution in [0.25, 0.3) is 0 Å². The van der Waals surface area contributed by atoms with E-state index < -0.39 is 27.8 Å². The highest BCUT2D eigenvalue weighted by Crippen LogP contribution is 2.55. The Morgan fingerprint density at radius 1 is 1.32 bits per heavy atom. The molecule has 2 heterocycles. The lowest BCUT2D eigenvalue weighted by atomic mass is 9.85. The summed E-state index contributed by atoms with van der Waals surface area (Å²) in [5.41, 5.74) is -0.839. The Bertz CT molecular complexity index is 689. The van der Waals surface area contributed by atoms with Gasteiger partial charge in [-0.1, -0.05) is 0 Å². The van der Waals surface area contributed by atoms with Crippen LogP contribution in [0.2, 0.25) is 0 Å². The standard InChI is InChI=1S/C19H35BN2O7P2/c1-14(2)22(15(3)4)30(27-11-7-10-21)29-17-16-18(20)28-19(17,8-12-26-16)9-13-31(23,24-5)25-6/h9,13-18H,7-8,11-12,20H2,1-6H3/b13-9+/t16-,17+,18-,19-,30?/m1/s1. The summed E-state index contributed by atoms with van der Waals surface area (Å²) in [6.07, 6.45) is 1.78. The first-order valence-electron chi connectivity index (χ1n) is 10.6. The van der Waals surface area contributed by atoms with Gasteiger partial charge in [-0.25, -0.2) is 4.67 Å². The molecule has 0 radical (unpaired) electrons. The zero-order valence-electron chi connectivity index (χ0n) is 19.5. The zero-order valence-corrected chi connectivity index (χ0v) is 21.3. The maximum Gasteiger partial charge on any atom is 0.353 e. The minimum Gasteiger partial charge on any atom is -0.373 e. The summed E-state index contributed by atoms with van der Waals surface area (Å²) < 4.78 is 49.9. The highest BCUT2D eigenvalue weighted by molar-refractivity contribution is 7.57. The van der Waals surface area contributed by atoms with Crippen molar-refractivity contribution in [3.8, 4) is 6.07 Å². The van der Waals surface area contributed by atoms with E-state index in [0.29, 0.717) is 13.0 Å². The second-order valence-corrected chi connectivity index (χ2v) is 11.7. The van der Waals surface area contributed by atoms with Crippen molar-refractivity contribution < 1.29 is 32.1 Å². The van der Waals surface area contributed by atoms with Gasteiger partial charge in [-0.15, -0.1) is 0 Å². The van der Waals surface area contributed by atoms with Gasteiger partial charge in [-0.2, -0.15) is 5.26 Å². The Labute approximate surface area is 188 Å². The Morgan fingerprint density at radius 3 is 2.52 bits per heavy atom. The molecule has 2 rings (SSSR count). The van der Waals surface area contributed by atoms with Gasteiger partial charge in [0.1, 0.15) is 25.7 Å². The molecule has 0 aliphatic carbocycles. The zero-order chi connectivity index (χ0) is 23.2. The average molecular weight is 476 g/mol. The van der Waals surface area contributed by atoms with E-state index in [9.17, 15) is 4.57 Å². The lowest BCUT2D eigenvalue weighted by molar-refractivity contribution is -0.0856. The van der Waals surface area contributed by atoms with Gasteiger partial charge < -0.3 is 27.6 Å². The van der Waals surface area contributed by atoms with Crippen LogP contribution in [0.1, 0.15) is 40.5 Å². The van der Waals surface area contributed by atoms with Crippen LogP contribution < -0.4 is 0 Å². The Kier molecular flexibility index (Phi) is 10.2. The molecule has 0 N–H and O–H groups in total. The molecule has 2 bridgehead atoms. The van der Waals surface area contributed by atoms with Crippen molar-refractivity contribution in [1.82, 2.24) is 4.67 Å². The van der Waals surface area contributed by atoms with Crippen LogP contribution in [0.3, 0.4) is 0 Å². The number of hydrogen-bond acceptors (Lipinski definition) is 9. The highest BCUT2D eigenvalue weighted by atomic mass is 31.2. The van der Waals surface area contributed by atoms with Crippen LogP contribution in [0.5, 0.6) is 0 Å². The van der Waals surface area contributed by atoms with Crippen LogP contribution in [0.4, 0.5) is 0 Å². The Morgan fingerprint density at radius 2 is 1.97 bits per heavy atom. The molecule has 176 valence electrons. The van der Waals surface area contributed by atoms with Crippen molar-refractivity contribution in [3.05, 3.63) is 11.9 Å². The molecule has 2 aliphatic heterocycles. The molecule has 2 saturated heterocycles. The van der Waals surface area contributed by atoms with Crippen molar-refractivity contribution >= 4 is 24.0 Å². The highest BCUT2D eigenvalue weighted by Gasteiger charge is 2.58. The summed E-state index contributed by atoms with van der Waals surface area (Å²) in [5, 5.41) is 8.94. The number of fused-ring (bicyclic) bond motifs is 2. The van der Waals surface area contributed by atoms with Crippen molar-refractivity contribution in [2.45, 2.75) is 76.4 Å². The molecular weight excluding hydrogens is 441 g/mol. The SMILES string of the molecule is B[C@@H]1O[C@@]2(/C=C/P(=O)(OC)OC)CCO[C@@H]1[C@@H]2OP(OCCC#N)N(C(C)C)C(C)C. The maximum atomic E-state index is 12.6. The molecule has 0 amide bonds. The van der Waals surface area contributed by atoms with E-state index in [1.807, 2.05) is 7.85 Å². The van der Waals surface area contributed by atoms with E-state index in [2.05, 4.69) is 38.4 Å². The normalized spacial score (nSPS) is 29.9. The quantitative estimate of drug-likeness (QED) is 0.239. The van der Waals surface area contributed by atoms with Crippen molar-refractivity contribution in [3.63, 3.8) is 0 Å². The molecule has 2 fully saturated rings. The van der Waals surface area contributed by atoms with Crippen molar-refractivity contribution in [1.29, 1.82) is 5.26 Å². The third kappa shape index (κ3) is 6.38. The van der Waals surface area contributed by atoms with Crippen molar-refractivity contribution in [2.24, 2.45) is 0 Å². The Hall–Kier alpha value is -0.325. The minimum atomic E-state index is -3.37. The monoisotopic (exact) mass is 476 g/mol. The fourth-order valence-corrected chi connectivity index (χ4v) is 6.58. The van der Waals surface area contributed by atoms with Gasteiger partial charge in [0.15, 0.2) is 0 Å². The molecule has 12 heteroatoms. The fraction of sp³-hybridized carbons (Fsp3) is 0.842. The summed E-state index contributed by atoms with van der Waals surface area (Å²) >= 11 is 0. The number of nitrogens with zero attached hydrogens (tertiary/aromatic N) is 2. The smallest absolute Gasteiger partial charge is 0.353 e. The average Bonchev–Trinajstić information content (AvgIpc) is 2.86. The van der Waals surface area contributed by atoms with Crippen LogP contribution in [-0.4, -0.2) is 75.8 Å².